The maximum absolute atomic E-state index is 12.9. The van der Waals surface area contributed by atoms with Gasteiger partial charge >= 0.3 is 0 Å². The van der Waals surface area contributed by atoms with Crippen molar-refractivity contribution in [3.05, 3.63) is 41.7 Å². The summed E-state index contributed by atoms with van der Waals surface area (Å²) in [7, 11) is 0. The number of hydrazine groups is 1. The van der Waals surface area contributed by atoms with Crippen molar-refractivity contribution in [3.63, 3.8) is 0 Å². The predicted octanol–water partition coefficient (Wildman–Crippen LogP) is 3.59. The van der Waals surface area contributed by atoms with Crippen molar-refractivity contribution in [1.29, 1.82) is 0 Å². The number of carbonyl (C=O) groups is 2. The van der Waals surface area contributed by atoms with Gasteiger partial charge in [0, 0.05) is 12.5 Å². The SMILES string of the molecule is O=C(/C=C/c1ccc(F)cc1)NNC(=O)CC12CC3CC(CC(C3)C1)C2. The summed E-state index contributed by atoms with van der Waals surface area (Å²) in [4.78, 5) is 24.2. The van der Waals surface area contributed by atoms with E-state index in [1.165, 1.54) is 56.7 Å². The van der Waals surface area contributed by atoms with E-state index in [0.717, 1.165) is 23.3 Å². The Labute approximate surface area is 153 Å². The number of halogens is 1. The van der Waals surface area contributed by atoms with Crippen LogP contribution in [0.15, 0.2) is 30.3 Å². The van der Waals surface area contributed by atoms with Gasteiger partial charge in [0.05, 0.1) is 0 Å². The molecule has 0 radical (unpaired) electrons. The molecule has 4 aliphatic rings. The fraction of sp³-hybridized carbons (Fsp3) is 0.524. The van der Waals surface area contributed by atoms with E-state index in [1.54, 1.807) is 18.2 Å². The molecule has 0 saturated heterocycles. The predicted molar refractivity (Wildman–Crippen MR) is 96.9 cm³/mol. The fourth-order valence-corrected chi connectivity index (χ4v) is 5.81. The lowest BCUT2D eigenvalue weighted by Gasteiger charge is -2.56. The van der Waals surface area contributed by atoms with E-state index in [-0.39, 0.29) is 17.1 Å². The van der Waals surface area contributed by atoms with Gasteiger partial charge in [-0.05, 0) is 85.5 Å². The minimum absolute atomic E-state index is 0.101. The van der Waals surface area contributed by atoms with Crippen molar-refractivity contribution in [2.24, 2.45) is 23.2 Å². The Bertz CT molecular complexity index is 691. The Morgan fingerprint density at radius 2 is 1.58 bits per heavy atom. The Balaban J connectivity index is 1.26. The van der Waals surface area contributed by atoms with Crippen molar-refractivity contribution in [2.45, 2.75) is 44.9 Å². The third-order valence-electron chi connectivity index (χ3n) is 6.32. The number of rotatable bonds is 4. The molecular formula is C21H25FN2O2. The minimum atomic E-state index is -0.395. The highest BCUT2D eigenvalue weighted by atomic mass is 19.1. The molecule has 5 rings (SSSR count). The molecule has 1 aromatic rings. The summed E-state index contributed by atoms with van der Waals surface area (Å²) in [5.74, 6) is 1.61. The molecule has 4 saturated carbocycles. The van der Waals surface area contributed by atoms with Gasteiger partial charge in [0.2, 0.25) is 5.91 Å². The standard InChI is InChI=1S/C21H25FN2O2/c22-18-4-1-14(2-5-18)3-6-19(25)23-24-20(26)13-21-10-15-7-16(11-21)9-17(8-15)12-21/h1-6,15-17H,7-13H2,(H,23,25)(H,24,26)/b6-3+. The molecule has 2 N–H and O–H groups in total. The van der Waals surface area contributed by atoms with Crippen molar-refractivity contribution in [3.8, 4) is 0 Å². The molecule has 138 valence electrons. The Morgan fingerprint density at radius 1 is 1.00 bits per heavy atom. The normalized spacial score (nSPS) is 32.0. The van der Waals surface area contributed by atoms with E-state index in [9.17, 15) is 14.0 Å². The van der Waals surface area contributed by atoms with Crippen molar-refractivity contribution in [2.75, 3.05) is 0 Å². The van der Waals surface area contributed by atoms with Crippen LogP contribution in [0.3, 0.4) is 0 Å². The molecule has 4 fully saturated rings. The molecular weight excluding hydrogens is 331 g/mol. The third-order valence-corrected chi connectivity index (χ3v) is 6.32. The van der Waals surface area contributed by atoms with E-state index in [0.29, 0.717) is 6.42 Å². The van der Waals surface area contributed by atoms with Crippen LogP contribution in [0.2, 0.25) is 0 Å². The van der Waals surface area contributed by atoms with Gasteiger partial charge in [-0.1, -0.05) is 12.1 Å². The summed E-state index contributed by atoms with van der Waals surface area (Å²) >= 11 is 0. The molecule has 0 atom stereocenters. The maximum atomic E-state index is 12.9. The zero-order chi connectivity index (χ0) is 18.1. The first kappa shape index (κ1) is 17.3. The lowest BCUT2D eigenvalue weighted by atomic mass is 9.49. The Hall–Kier alpha value is -2.17. The first-order chi connectivity index (χ1) is 12.5. The minimum Gasteiger partial charge on any atom is -0.273 e. The largest absolute Gasteiger partial charge is 0.273 e. The van der Waals surface area contributed by atoms with Crippen molar-refractivity contribution >= 4 is 17.9 Å². The van der Waals surface area contributed by atoms with Gasteiger partial charge in [-0.25, -0.2) is 4.39 Å². The third kappa shape index (κ3) is 3.81. The number of hydrogen-bond donors (Lipinski definition) is 2. The fourth-order valence-electron chi connectivity index (χ4n) is 5.81. The zero-order valence-corrected chi connectivity index (χ0v) is 14.8. The first-order valence-electron chi connectivity index (χ1n) is 9.52. The van der Waals surface area contributed by atoms with Crippen LogP contribution >= 0.6 is 0 Å². The molecule has 0 aliphatic heterocycles. The van der Waals surface area contributed by atoms with Crippen LogP contribution in [0.4, 0.5) is 4.39 Å². The van der Waals surface area contributed by atoms with Gasteiger partial charge in [0.25, 0.3) is 5.91 Å². The molecule has 0 unspecified atom stereocenters. The van der Waals surface area contributed by atoms with E-state index in [4.69, 9.17) is 0 Å². The second kappa shape index (κ2) is 6.86. The monoisotopic (exact) mass is 356 g/mol. The van der Waals surface area contributed by atoms with Gasteiger partial charge in [-0.15, -0.1) is 0 Å². The highest BCUT2D eigenvalue weighted by molar-refractivity contribution is 5.93. The van der Waals surface area contributed by atoms with Crippen LogP contribution in [-0.4, -0.2) is 11.8 Å². The van der Waals surface area contributed by atoms with Gasteiger partial charge < -0.3 is 0 Å². The van der Waals surface area contributed by atoms with Gasteiger partial charge in [0.15, 0.2) is 0 Å². The molecule has 4 bridgehead atoms. The number of benzene rings is 1. The lowest BCUT2D eigenvalue weighted by molar-refractivity contribution is -0.133. The molecule has 2 amide bonds. The smallest absolute Gasteiger partial charge is 0.262 e. The highest BCUT2D eigenvalue weighted by Crippen LogP contribution is 2.61. The van der Waals surface area contributed by atoms with Crippen molar-refractivity contribution < 1.29 is 14.0 Å². The summed E-state index contributed by atoms with van der Waals surface area (Å²) in [5, 5.41) is 0. The van der Waals surface area contributed by atoms with Gasteiger partial charge in [0.1, 0.15) is 5.82 Å². The molecule has 5 heteroatoms. The molecule has 0 aromatic heterocycles. The van der Waals surface area contributed by atoms with Crippen LogP contribution < -0.4 is 10.9 Å². The summed E-state index contributed by atoms with van der Waals surface area (Å²) in [5.41, 5.74) is 5.88. The van der Waals surface area contributed by atoms with Crippen LogP contribution in [0, 0.1) is 29.0 Å². The van der Waals surface area contributed by atoms with Gasteiger partial charge in [-0.2, -0.15) is 0 Å². The second-order valence-electron chi connectivity index (χ2n) is 8.52. The molecule has 1 aromatic carbocycles. The van der Waals surface area contributed by atoms with E-state index in [2.05, 4.69) is 10.9 Å². The summed E-state index contributed by atoms with van der Waals surface area (Å²) in [6.07, 6.45) is 11.0. The highest BCUT2D eigenvalue weighted by Gasteiger charge is 2.51. The lowest BCUT2D eigenvalue weighted by Crippen LogP contribution is -2.49. The number of hydrogen-bond acceptors (Lipinski definition) is 2. The van der Waals surface area contributed by atoms with E-state index >= 15 is 0 Å². The van der Waals surface area contributed by atoms with Crippen LogP contribution in [-0.2, 0) is 9.59 Å². The molecule has 0 spiro atoms. The van der Waals surface area contributed by atoms with E-state index in [1.807, 2.05) is 0 Å². The second-order valence-corrected chi connectivity index (χ2v) is 8.52. The average Bonchev–Trinajstić information content (AvgIpc) is 2.58. The quantitative estimate of drug-likeness (QED) is 0.640. The average molecular weight is 356 g/mol. The van der Waals surface area contributed by atoms with E-state index < -0.39 is 5.91 Å². The van der Waals surface area contributed by atoms with Crippen molar-refractivity contribution in [1.82, 2.24) is 10.9 Å². The van der Waals surface area contributed by atoms with Gasteiger partial charge in [-0.3, -0.25) is 20.4 Å². The summed E-state index contributed by atoms with van der Waals surface area (Å²) in [6.45, 7) is 0. The number of carbonyl (C=O) groups excluding carboxylic acids is 2. The zero-order valence-electron chi connectivity index (χ0n) is 14.8. The first-order valence-corrected chi connectivity index (χ1v) is 9.52. The molecule has 4 aliphatic carbocycles. The Kier molecular flexibility index (Phi) is 4.55. The number of nitrogens with one attached hydrogen (secondary N) is 2. The molecule has 4 nitrogen and oxygen atoms in total. The van der Waals surface area contributed by atoms with Crippen LogP contribution in [0.5, 0.6) is 0 Å². The maximum Gasteiger partial charge on any atom is 0.262 e. The topological polar surface area (TPSA) is 58.2 Å². The summed E-state index contributed by atoms with van der Waals surface area (Å²) < 4.78 is 12.9. The van der Waals surface area contributed by atoms with Crippen LogP contribution in [0.25, 0.3) is 6.08 Å². The molecule has 26 heavy (non-hydrogen) atoms. The summed E-state index contributed by atoms with van der Waals surface area (Å²) in [6, 6.07) is 5.85. The molecule has 0 heterocycles. The Morgan fingerprint density at radius 3 is 2.15 bits per heavy atom. The number of amides is 2. The van der Waals surface area contributed by atoms with Crippen LogP contribution in [0.1, 0.15) is 50.5 Å².